The van der Waals surface area contributed by atoms with Crippen LogP contribution in [-0.4, -0.2) is 7.11 Å². The fourth-order valence-corrected chi connectivity index (χ4v) is 2.63. The first kappa shape index (κ1) is 15.9. The number of hydrogen-bond donors (Lipinski definition) is 0. The summed E-state index contributed by atoms with van der Waals surface area (Å²) in [6.45, 7) is 0. The zero-order chi connectivity index (χ0) is 17.1. The fourth-order valence-electron chi connectivity index (χ4n) is 2.45. The van der Waals surface area contributed by atoms with E-state index in [1.807, 2.05) is 30.3 Å². The molecule has 0 bridgehead atoms. The van der Waals surface area contributed by atoms with E-state index in [0.29, 0.717) is 27.3 Å². The van der Waals surface area contributed by atoms with Crippen molar-refractivity contribution in [1.29, 1.82) is 5.26 Å². The zero-order valence-corrected chi connectivity index (χ0v) is 13.5. The topological polar surface area (TPSA) is 63.2 Å². The summed E-state index contributed by atoms with van der Waals surface area (Å²) in [7, 11) is 1.58. The molecule has 0 aliphatic heterocycles. The van der Waals surface area contributed by atoms with Crippen LogP contribution in [0.5, 0.6) is 5.75 Å². The summed E-state index contributed by atoms with van der Waals surface area (Å²) in [5, 5.41) is 10.4. The van der Waals surface area contributed by atoms with Gasteiger partial charge in [0.1, 0.15) is 23.0 Å². The van der Waals surface area contributed by atoms with E-state index in [1.54, 1.807) is 37.5 Å². The number of fused-ring (bicyclic) bond motifs is 1. The first-order chi connectivity index (χ1) is 11.6. The lowest BCUT2D eigenvalue weighted by atomic mass is 10.0. The maximum absolute atomic E-state index is 12.0. The number of halogens is 1. The summed E-state index contributed by atoms with van der Waals surface area (Å²) < 4.78 is 10.5. The average Bonchev–Trinajstić information content (AvgIpc) is 2.60. The maximum atomic E-state index is 12.0. The molecule has 3 rings (SSSR count). The zero-order valence-electron chi connectivity index (χ0n) is 12.7. The summed E-state index contributed by atoms with van der Waals surface area (Å²) >= 11 is 6.04. The second kappa shape index (κ2) is 6.61. The lowest BCUT2D eigenvalue weighted by molar-refractivity contribution is 0.414. The third-order valence-corrected chi connectivity index (χ3v) is 3.82. The number of nitriles is 1. The van der Waals surface area contributed by atoms with Crippen LogP contribution in [0.1, 0.15) is 16.7 Å². The van der Waals surface area contributed by atoms with E-state index < -0.39 is 5.63 Å². The fraction of sp³-hybridized carbons (Fsp3) is 0.0526. The number of ether oxygens (including phenoxy) is 1. The number of hydrogen-bond acceptors (Lipinski definition) is 4. The predicted octanol–water partition coefficient (Wildman–Crippen LogP) is 4.50. The molecule has 0 atom stereocenters. The van der Waals surface area contributed by atoms with Gasteiger partial charge in [0.15, 0.2) is 0 Å². The lowest BCUT2D eigenvalue weighted by Gasteiger charge is -2.06. The molecule has 118 valence electrons. The first-order valence-corrected chi connectivity index (χ1v) is 7.49. The van der Waals surface area contributed by atoms with E-state index in [9.17, 15) is 10.1 Å². The van der Waals surface area contributed by atoms with E-state index in [4.69, 9.17) is 20.8 Å². The first-order valence-electron chi connectivity index (χ1n) is 7.11. The van der Waals surface area contributed by atoms with Gasteiger partial charge in [-0.15, -0.1) is 0 Å². The van der Waals surface area contributed by atoms with Crippen LogP contribution >= 0.6 is 11.6 Å². The molecule has 0 fully saturated rings. The normalized spacial score (nSPS) is 10.9. The number of rotatable bonds is 3. The highest BCUT2D eigenvalue weighted by atomic mass is 35.5. The molecule has 0 radical (unpaired) electrons. The molecule has 0 aliphatic rings. The summed E-state index contributed by atoms with van der Waals surface area (Å²) in [6.07, 6.45) is 3.49. The Morgan fingerprint density at radius 3 is 2.75 bits per heavy atom. The van der Waals surface area contributed by atoms with Crippen molar-refractivity contribution in [2.24, 2.45) is 0 Å². The molecule has 24 heavy (non-hydrogen) atoms. The van der Waals surface area contributed by atoms with Crippen molar-refractivity contribution in [1.82, 2.24) is 0 Å². The van der Waals surface area contributed by atoms with Crippen LogP contribution in [0.15, 0.2) is 51.7 Å². The Balaban J connectivity index is 2.25. The Hall–Kier alpha value is -3.03. The van der Waals surface area contributed by atoms with Crippen molar-refractivity contribution in [2.45, 2.75) is 0 Å². The van der Waals surface area contributed by atoms with Gasteiger partial charge in [0, 0.05) is 21.5 Å². The third-order valence-electron chi connectivity index (χ3n) is 3.59. The van der Waals surface area contributed by atoms with Gasteiger partial charge in [-0.1, -0.05) is 42.0 Å². The van der Waals surface area contributed by atoms with Gasteiger partial charge in [-0.05, 0) is 24.3 Å². The van der Waals surface area contributed by atoms with E-state index in [2.05, 4.69) is 0 Å². The van der Waals surface area contributed by atoms with Crippen molar-refractivity contribution in [3.63, 3.8) is 0 Å². The van der Waals surface area contributed by atoms with Crippen LogP contribution in [0.25, 0.3) is 23.1 Å². The van der Waals surface area contributed by atoms with Crippen molar-refractivity contribution < 1.29 is 9.15 Å². The molecule has 1 aromatic heterocycles. The highest BCUT2D eigenvalue weighted by Crippen LogP contribution is 2.26. The van der Waals surface area contributed by atoms with Crippen LogP contribution in [0.4, 0.5) is 0 Å². The largest absolute Gasteiger partial charge is 0.496 e. The molecular formula is C19H12ClNO3. The molecule has 2 aromatic carbocycles. The monoisotopic (exact) mass is 337 g/mol. The highest BCUT2D eigenvalue weighted by molar-refractivity contribution is 6.31. The smallest absolute Gasteiger partial charge is 0.354 e. The minimum Gasteiger partial charge on any atom is -0.496 e. The lowest BCUT2D eigenvalue weighted by Crippen LogP contribution is -2.06. The van der Waals surface area contributed by atoms with Gasteiger partial charge in [-0.2, -0.15) is 5.26 Å². The summed E-state index contributed by atoms with van der Waals surface area (Å²) in [6, 6.07) is 14.3. The van der Waals surface area contributed by atoms with Gasteiger partial charge in [-0.3, -0.25) is 0 Å². The Bertz CT molecular complexity index is 1040. The predicted molar refractivity (Wildman–Crippen MR) is 94.1 cm³/mol. The Labute approximate surface area is 143 Å². The van der Waals surface area contributed by atoms with Crippen LogP contribution in [-0.2, 0) is 0 Å². The maximum Gasteiger partial charge on any atom is 0.354 e. The second-order valence-corrected chi connectivity index (χ2v) is 5.44. The summed E-state index contributed by atoms with van der Waals surface area (Å²) in [5.74, 6) is 0.692. The third kappa shape index (κ3) is 2.90. The molecule has 5 heteroatoms. The summed E-state index contributed by atoms with van der Waals surface area (Å²) in [4.78, 5) is 12.0. The quantitative estimate of drug-likeness (QED) is 0.660. The molecule has 0 aliphatic carbocycles. The molecule has 0 saturated carbocycles. The van der Waals surface area contributed by atoms with E-state index in [0.717, 1.165) is 5.56 Å². The van der Waals surface area contributed by atoms with E-state index in [1.165, 1.54) is 0 Å². The molecule has 4 nitrogen and oxygen atoms in total. The van der Waals surface area contributed by atoms with Crippen LogP contribution in [0, 0.1) is 11.3 Å². The SMILES string of the molecule is COc1ccccc1/C=C/c1c(C#N)c(=O)oc2ccc(Cl)cc12. The van der Waals surface area contributed by atoms with Gasteiger partial charge in [-0.25, -0.2) is 4.79 Å². The number of benzene rings is 2. The van der Waals surface area contributed by atoms with Crippen molar-refractivity contribution in [3.05, 3.63) is 74.6 Å². The minimum atomic E-state index is -0.674. The standard InChI is InChI=1S/C19H12ClNO3/c1-23-17-5-3-2-4-12(17)6-8-14-15-10-13(20)7-9-18(15)24-19(22)16(14)11-21/h2-10H,1H3/b8-6+. The number of methoxy groups -OCH3 is 1. The minimum absolute atomic E-state index is 0.0593. The molecule has 0 N–H and O–H groups in total. The molecule has 1 heterocycles. The van der Waals surface area contributed by atoms with Crippen LogP contribution < -0.4 is 10.4 Å². The molecule has 3 aromatic rings. The Morgan fingerprint density at radius 1 is 1.21 bits per heavy atom. The van der Waals surface area contributed by atoms with Gasteiger partial charge >= 0.3 is 5.63 Å². The highest BCUT2D eigenvalue weighted by Gasteiger charge is 2.13. The van der Waals surface area contributed by atoms with Crippen LogP contribution in [0.3, 0.4) is 0 Å². The Kier molecular flexibility index (Phi) is 4.37. The van der Waals surface area contributed by atoms with Gasteiger partial charge in [0.2, 0.25) is 0 Å². The van der Waals surface area contributed by atoms with Crippen molar-refractivity contribution in [2.75, 3.05) is 7.11 Å². The van der Waals surface area contributed by atoms with Gasteiger partial charge < -0.3 is 9.15 Å². The van der Waals surface area contributed by atoms with Crippen molar-refractivity contribution >= 4 is 34.7 Å². The molecule has 0 unspecified atom stereocenters. The number of nitrogens with zero attached hydrogens (tertiary/aromatic N) is 1. The van der Waals surface area contributed by atoms with Crippen molar-refractivity contribution in [3.8, 4) is 11.8 Å². The van der Waals surface area contributed by atoms with E-state index in [-0.39, 0.29) is 5.56 Å². The van der Waals surface area contributed by atoms with Gasteiger partial charge in [0.05, 0.1) is 7.11 Å². The van der Waals surface area contributed by atoms with Crippen LogP contribution in [0.2, 0.25) is 5.02 Å². The molecule has 0 spiro atoms. The molecular weight excluding hydrogens is 326 g/mol. The molecule has 0 saturated heterocycles. The average molecular weight is 338 g/mol. The second-order valence-electron chi connectivity index (χ2n) is 5.01. The number of para-hydroxylation sites is 1. The Morgan fingerprint density at radius 2 is 2.00 bits per heavy atom. The van der Waals surface area contributed by atoms with Gasteiger partial charge in [0.25, 0.3) is 0 Å². The van der Waals surface area contributed by atoms with E-state index >= 15 is 0 Å². The molecule has 0 amide bonds. The summed E-state index contributed by atoms with van der Waals surface area (Å²) in [5.41, 5.74) is 0.940.